The third-order valence-corrected chi connectivity index (χ3v) is 3.26. The molecule has 0 N–H and O–H groups in total. The molecule has 1 nitrogen and oxygen atoms in total. The Bertz CT molecular complexity index is 695. The van der Waals surface area contributed by atoms with Gasteiger partial charge >= 0.3 is 0 Å². The quantitative estimate of drug-likeness (QED) is 0.651. The van der Waals surface area contributed by atoms with Gasteiger partial charge in [-0.25, -0.2) is 0 Å². The van der Waals surface area contributed by atoms with Gasteiger partial charge < -0.3 is 4.74 Å². The van der Waals surface area contributed by atoms with Crippen LogP contribution in [0.5, 0.6) is 5.75 Å². The minimum atomic E-state index is 0.602. The van der Waals surface area contributed by atoms with Crippen LogP contribution < -0.4 is 4.74 Å². The van der Waals surface area contributed by atoms with E-state index < -0.39 is 0 Å². The smallest absolute Gasteiger partial charge is 0.120 e. The molecule has 0 aliphatic rings. The normalized spacial score (nSPS) is 10.6. The van der Waals surface area contributed by atoms with Crippen LogP contribution in [-0.4, -0.2) is 0 Å². The minimum absolute atomic E-state index is 0.602. The Morgan fingerprint density at radius 1 is 0.842 bits per heavy atom. The van der Waals surface area contributed by atoms with Gasteiger partial charge in [0.05, 0.1) is 0 Å². The topological polar surface area (TPSA) is 9.23 Å². The van der Waals surface area contributed by atoms with E-state index in [2.05, 4.69) is 61.5 Å². The molecule has 0 saturated heterocycles. The predicted octanol–water partition coefficient (Wildman–Crippen LogP) is 4.73. The van der Waals surface area contributed by atoms with Gasteiger partial charge in [0, 0.05) is 0 Å². The predicted molar refractivity (Wildman–Crippen MR) is 79.5 cm³/mol. The van der Waals surface area contributed by atoms with Gasteiger partial charge in [-0.15, -0.1) is 0 Å². The maximum Gasteiger partial charge on any atom is 0.120 e. The van der Waals surface area contributed by atoms with Crippen LogP contribution in [0.3, 0.4) is 0 Å². The number of fused-ring (bicyclic) bond motifs is 1. The number of benzene rings is 3. The average Bonchev–Trinajstić information content (AvgIpc) is 2.45. The fourth-order valence-corrected chi connectivity index (χ4v) is 2.28. The molecule has 3 aromatic carbocycles. The lowest BCUT2D eigenvalue weighted by Gasteiger charge is -2.09. The average molecular weight is 248 g/mol. The van der Waals surface area contributed by atoms with E-state index in [1.807, 2.05) is 12.1 Å². The van der Waals surface area contributed by atoms with Crippen molar-refractivity contribution in [1.29, 1.82) is 0 Å². The summed E-state index contributed by atoms with van der Waals surface area (Å²) in [7, 11) is 0. The van der Waals surface area contributed by atoms with Crippen molar-refractivity contribution < 1.29 is 4.74 Å². The van der Waals surface area contributed by atoms with E-state index >= 15 is 0 Å². The van der Waals surface area contributed by atoms with E-state index in [-0.39, 0.29) is 0 Å². The van der Waals surface area contributed by atoms with E-state index in [9.17, 15) is 0 Å². The zero-order valence-electron chi connectivity index (χ0n) is 11.0. The largest absolute Gasteiger partial charge is 0.489 e. The van der Waals surface area contributed by atoms with Crippen molar-refractivity contribution in [2.24, 2.45) is 0 Å². The molecular weight excluding hydrogens is 232 g/mol. The molecule has 0 amide bonds. The van der Waals surface area contributed by atoms with Crippen molar-refractivity contribution >= 4 is 10.8 Å². The summed E-state index contributed by atoms with van der Waals surface area (Å²) in [5.74, 6) is 0.924. The van der Waals surface area contributed by atoms with Crippen molar-refractivity contribution in [3.63, 3.8) is 0 Å². The highest BCUT2D eigenvalue weighted by Crippen LogP contribution is 2.21. The molecule has 3 rings (SSSR count). The van der Waals surface area contributed by atoms with Crippen molar-refractivity contribution in [1.82, 2.24) is 0 Å². The first-order valence-electron chi connectivity index (χ1n) is 6.49. The van der Waals surface area contributed by atoms with Crippen LogP contribution in [0, 0.1) is 6.92 Å². The van der Waals surface area contributed by atoms with E-state index in [0.29, 0.717) is 6.61 Å². The molecule has 0 saturated carbocycles. The van der Waals surface area contributed by atoms with E-state index in [4.69, 9.17) is 4.74 Å². The van der Waals surface area contributed by atoms with E-state index in [0.717, 1.165) is 5.75 Å². The number of aryl methyl sites for hydroxylation is 1. The molecule has 94 valence electrons. The first kappa shape index (κ1) is 11.8. The Morgan fingerprint density at radius 2 is 1.63 bits per heavy atom. The molecule has 0 spiro atoms. The highest BCUT2D eigenvalue weighted by molar-refractivity contribution is 5.85. The second kappa shape index (κ2) is 5.15. The fraction of sp³-hybridized carbons (Fsp3) is 0.111. The molecule has 0 radical (unpaired) electrons. The Morgan fingerprint density at radius 3 is 2.53 bits per heavy atom. The van der Waals surface area contributed by atoms with Gasteiger partial charge in [0.1, 0.15) is 12.4 Å². The summed E-state index contributed by atoms with van der Waals surface area (Å²) in [4.78, 5) is 0. The zero-order valence-corrected chi connectivity index (χ0v) is 11.0. The molecule has 0 aliphatic heterocycles. The van der Waals surface area contributed by atoms with Gasteiger partial charge in [-0.3, -0.25) is 0 Å². The number of hydrogen-bond donors (Lipinski definition) is 0. The van der Waals surface area contributed by atoms with Crippen molar-refractivity contribution in [2.75, 3.05) is 0 Å². The summed E-state index contributed by atoms with van der Waals surface area (Å²) in [5.41, 5.74) is 2.44. The highest BCUT2D eigenvalue weighted by Gasteiger charge is 2.01. The summed E-state index contributed by atoms with van der Waals surface area (Å²) in [5, 5.41) is 2.52. The standard InChI is InChI=1S/C18H16O/c1-14-6-4-10-17(12-14)19-13-16-9-5-8-15-7-2-3-11-18(15)16/h2-12H,13H2,1H3. The van der Waals surface area contributed by atoms with Crippen molar-refractivity contribution in [2.45, 2.75) is 13.5 Å². The molecule has 1 heteroatoms. The molecule has 0 atom stereocenters. The first-order chi connectivity index (χ1) is 9.33. The number of hydrogen-bond acceptors (Lipinski definition) is 1. The van der Waals surface area contributed by atoms with Crippen LogP contribution in [-0.2, 0) is 6.61 Å². The molecule has 19 heavy (non-hydrogen) atoms. The van der Waals surface area contributed by atoms with E-state index in [1.54, 1.807) is 0 Å². The van der Waals surface area contributed by atoms with Crippen LogP contribution in [0.2, 0.25) is 0 Å². The van der Waals surface area contributed by atoms with Crippen LogP contribution in [0.1, 0.15) is 11.1 Å². The fourth-order valence-electron chi connectivity index (χ4n) is 2.28. The molecular formula is C18H16O. The number of rotatable bonds is 3. The summed E-state index contributed by atoms with van der Waals surface area (Å²) in [6, 6.07) is 22.9. The minimum Gasteiger partial charge on any atom is -0.489 e. The molecule has 0 heterocycles. The summed E-state index contributed by atoms with van der Waals surface area (Å²) in [6.07, 6.45) is 0. The Kier molecular flexibility index (Phi) is 3.20. The lowest BCUT2D eigenvalue weighted by molar-refractivity contribution is 0.307. The van der Waals surface area contributed by atoms with Crippen LogP contribution in [0.4, 0.5) is 0 Å². The molecule has 0 unspecified atom stereocenters. The maximum atomic E-state index is 5.88. The summed E-state index contributed by atoms with van der Waals surface area (Å²) < 4.78 is 5.88. The molecule has 0 bridgehead atoms. The third kappa shape index (κ3) is 2.60. The van der Waals surface area contributed by atoms with Gasteiger partial charge in [0.2, 0.25) is 0 Å². The SMILES string of the molecule is Cc1cccc(OCc2cccc3ccccc23)c1. The van der Waals surface area contributed by atoms with Gasteiger partial charge in [-0.2, -0.15) is 0 Å². The van der Waals surface area contributed by atoms with Crippen LogP contribution in [0.25, 0.3) is 10.8 Å². The summed E-state index contributed by atoms with van der Waals surface area (Å²) >= 11 is 0. The second-order valence-corrected chi connectivity index (χ2v) is 4.74. The monoisotopic (exact) mass is 248 g/mol. The van der Waals surface area contributed by atoms with E-state index in [1.165, 1.54) is 21.9 Å². The van der Waals surface area contributed by atoms with Crippen molar-refractivity contribution in [3.8, 4) is 5.75 Å². The van der Waals surface area contributed by atoms with Gasteiger partial charge in [-0.1, -0.05) is 54.6 Å². The highest BCUT2D eigenvalue weighted by atomic mass is 16.5. The third-order valence-electron chi connectivity index (χ3n) is 3.26. The maximum absolute atomic E-state index is 5.88. The van der Waals surface area contributed by atoms with Gasteiger partial charge in [-0.05, 0) is 41.0 Å². The second-order valence-electron chi connectivity index (χ2n) is 4.74. The number of ether oxygens (including phenoxy) is 1. The Hall–Kier alpha value is -2.28. The first-order valence-corrected chi connectivity index (χ1v) is 6.49. The lowest BCUT2D eigenvalue weighted by Crippen LogP contribution is -1.96. The van der Waals surface area contributed by atoms with Crippen molar-refractivity contribution in [3.05, 3.63) is 77.9 Å². The molecule has 0 aliphatic carbocycles. The van der Waals surface area contributed by atoms with Gasteiger partial charge in [0.25, 0.3) is 0 Å². The summed E-state index contributed by atoms with van der Waals surface area (Å²) in [6.45, 7) is 2.68. The molecule has 0 fully saturated rings. The van der Waals surface area contributed by atoms with Gasteiger partial charge in [0.15, 0.2) is 0 Å². The molecule has 0 aromatic heterocycles. The Labute approximate surface area is 113 Å². The Balaban J connectivity index is 1.86. The molecule has 3 aromatic rings. The van der Waals surface area contributed by atoms with Crippen LogP contribution in [0.15, 0.2) is 66.7 Å². The lowest BCUT2D eigenvalue weighted by atomic mass is 10.1. The zero-order chi connectivity index (χ0) is 13.1. The van der Waals surface area contributed by atoms with Crippen LogP contribution >= 0.6 is 0 Å².